The van der Waals surface area contributed by atoms with Crippen molar-refractivity contribution in [2.75, 3.05) is 39.6 Å². The highest BCUT2D eigenvalue weighted by molar-refractivity contribution is 7.47. The monoisotopic (exact) mass is 1370 g/mol. The molecule has 0 aliphatic heterocycles. The van der Waals surface area contributed by atoms with Crippen LogP contribution in [0.3, 0.4) is 0 Å². The molecule has 19 heteroatoms. The number of unbranched alkanes of at least 4 members (excludes halogenated alkanes) is 40. The van der Waals surface area contributed by atoms with Gasteiger partial charge in [0, 0.05) is 25.7 Å². The van der Waals surface area contributed by atoms with Crippen LogP contribution in [0.25, 0.3) is 0 Å². The van der Waals surface area contributed by atoms with E-state index in [0.717, 1.165) is 108 Å². The molecule has 0 aliphatic carbocycles. The van der Waals surface area contributed by atoms with Crippen molar-refractivity contribution in [1.29, 1.82) is 0 Å². The van der Waals surface area contributed by atoms with Crippen molar-refractivity contribution < 1.29 is 80.2 Å². The molecule has 0 saturated heterocycles. The SMILES string of the molecule is CCCCCCCCCCCCCCC(=O)O[C@H](COC(=O)CCCCCCCCCC(C)C)COP(=O)(O)OC[C@H](O)COP(=O)(O)OC[C@@H](COC(=O)CCCCCCCCCCCCC(C)C)OC(=O)CCCCCCCCCCCCCCCCCC(C)C. The number of carbonyl (C=O) groups excluding carboxylic acids is 4. The highest BCUT2D eigenvalue weighted by Crippen LogP contribution is 2.45. The van der Waals surface area contributed by atoms with Crippen LogP contribution in [-0.4, -0.2) is 96.7 Å². The molecule has 0 aliphatic rings. The van der Waals surface area contributed by atoms with Gasteiger partial charge in [0.15, 0.2) is 12.2 Å². The van der Waals surface area contributed by atoms with Crippen molar-refractivity contribution in [3.63, 3.8) is 0 Å². The number of ether oxygens (including phenoxy) is 4. The quantitative estimate of drug-likeness (QED) is 0.0222. The van der Waals surface area contributed by atoms with Crippen molar-refractivity contribution >= 4 is 39.5 Å². The fourth-order valence-corrected chi connectivity index (χ4v) is 12.8. The maximum absolute atomic E-state index is 13.1. The number of phosphoric acid groups is 2. The van der Waals surface area contributed by atoms with E-state index in [2.05, 4.69) is 48.5 Å². The Hall–Kier alpha value is -1.94. The average molecular weight is 1370 g/mol. The third-order valence-corrected chi connectivity index (χ3v) is 19.0. The third-order valence-electron chi connectivity index (χ3n) is 17.1. The number of carbonyl (C=O) groups is 4. The first-order chi connectivity index (χ1) is 44.7. The van der Waals surface area contributed by atoms with Gasteiger partial charge in [0.25, 0.3) is 0 Å². The van der Waals surface area contributed by atoms with Gasteiger partial charge in [-0.2, -0.15) is 0 Å². The van der Waals surface area contributed by atoms with Gasteiger partial charge in [0.1, 0.15) is 19.3 Å². The number of hydrogen-bond acceptors (Lipinski definition) is 15. The predicted octanol–water partition coefficient (Wildman–Crippen LogP) is 21.4. The van der Waals surface area contributed by atoms with Crippen LogP contribution in [0.1, 0.15) is 376 Å². The summed E-state index contributed by atoms with van der Waals surface area (Å²) in [6.45, 7) is 11.8. The van der Waals surface area contributed by atoms with Crippen molar-refractivity contribution in [3.8, 4) is 0 Å². The molecule has 0 aromatic rings. The normalized spacial score (nSPS) is 14.1. The molecule has 552 valence electrons. The fraction of sp³-hybridized carbons (Fsp3) is 0.946. The first-order valence-electron chi connectivity index (χ1n) is 38.3. The van der Waals surface area contributed by atoms with E-state index in [0.29, 0.717) is 31.6 Å². The van der Waals surface area contributed by atoms with Crippen LogP contribution in [0, 0.1) is 17.8 Å². The second kappa shape index (κ2) is 64.7. The summed E-state index contributed by atoms with van der Waals surface area (Å²) in [7, 11) is -9.91. The van der Waals surface area contributed by atoms with Gasteiger partial charge < -0.3 is 33.8 Å². The zero-order valence-electron chi connectivity index (χ0n) is 60.7. The highest BCUT2D eigenvalue weighted by Gasteiger charge is 2.30. The average Bonchev–Trinajstić information content (AvgIpc) is 2.12. The van der Waals surface area contributed by atoms with Crippen LogP contribution in [0.2, 0.25) is 0 Å². The minimum atomic E-state index is -4.96. The highest BCUT2D eigenvalue weighted by atomic mass is 31.2. The second-order valence-electron chi connectivity index (χ2n) is 28.1. The maximum atomic E-state index is 13.1. The molecule has 5 atom stereocenters. The minimum Gasteiger partial charge on any atom is -0.462 e. The zero-order chi connectivity index (χ0) is 68.7. The second-order valence-corrected chi connectivity index (χ2v) is 31.0. The molecule has 3 N–H and O–H groups in total. The van der Waals surface area contributed by atoms with E-state index in [1.54, 1.807) is 0 Å². The largest absolute Gasteiger partial charge is 0.472 e. The number of aliphatic hydroxyl groups excluding tert-OH is 1. The van der Waals surface area contributed by atoms with E-state index in [1.165, 1.54) is 180 Å². The van der Waals surface area contributed by atoms with Crippen molar-refractivity contribution in [1.82, 2.24) is 0 Å². The van der Waals surface area contributed by atoms with E-state index in [-0.39, 0.29) is 25.7 Å². The number of aliphatic hydroxyl groups is 1. The standard InChI is InChI=1S/C74H144O17P2/c1-8-9-10-11-12-13-14-21-28-35-43-50-57-73(78)91-70(62-85-72(77)56-49-42-37-30-33-40-47-54-67(6)7)64-89-93(82,83)87-60-68(75)59-86-92(80,81)88-63-69(61-84-71(76)55-48-41-34-27-24-23-26-32-39-46-53-66(4)5)90-74(79)58-51-44-36-29-22-19-17-15-16-18-20-25-31-38-45-52-65(2)3/h65-70,75H,8-64H2,1-7H3,(H,80,81)(H,82,83)/t68-,69-,70-/m1/s1. The summed E-state index contributed by atoms with van der Waals surface area (Å²) >= 11 is 0. The Morgan fingerprint density at radius 1 is 0.290 bits per heavy atom. The molecule has 93 heavy (non-hydrogen) atoms. The summed E-state index contributed by atoms with van der Waals surface area (Å²) < 4.78 is 68.4. The molecule has 2 unspecified atom stereocenters. The lowest BCUT2D eigenvalue weighted by molar-refractivity contribution is -0.161. The predicted molar refractivity (Wildman–Crippen MR) is 377 cm³/mol. The van der Waals surface area contributed by atoms with Gasteiger partial charge in [-0.05, 0) is 43.4 Å². The van der Waals surface area contributed by atoms with Gasteiger partial charge in [-0.15, -0.1) is 0 Å². The summed E-state index contributed by atoms with van der Waals surface area (Å²) in [4.78, 5) is 72.7. The minimum absolute atomic E-state index is 0.106. The van der Waals surface area contributed by atoms with Crippen LogP contribution < -0.4 is 0 Å². The Kier molecular flexibility index (Phi) is 63.4. The molecule has 0 aromatic heterocycles. The number of rotatable bonds is 72. The van der Waals surface area contributed by atoms with Gasteiger partial charge in [0.05, 0.1) is 26.4 Å². The Bertz CT molecular complexity index is 1820. The Labute approximate surface area is 568 Å². The molecule has 0 rings (SSSR count). The Morgan fingerprint density at radius 2 is 0.495 bits per heavy atom. The molecule has 0 radical (unpaired) electrons. The van der Waals surface area contributed by atoms with Gasteiger partial charge in [0.2, 0.25) is 0 Å². The lowest BCUT2D eigenvalue weighted by atomic mass is 10.0. The van der Waals surface area contributed by atoms with E-state index in [9.17, 15) is 43.2 Å². The first-order valence-corrected chi connectivity index (χ1v) is 41.3. The Balaban J connectivity index is 5.24. The summed E-state index contributed by atoms with van der Waals surface area (Å²) in [5, 5.41) is 10.6. The molecule has 0 spiro atoms. The van der Waals surface area contributed by atoms with Crippen LogP contribution in [0.5, 0.6) is 0 Å². The summed E-state index contributed by atoms with van der Waals surface area (Å²) in [5.74, 6) is 0.146. The van der Waals surface area contributed by atoms with Crippen molar-refractivity contribution in [3.05, 3.63) is 0 Å². The topological polar surface area (TPSA) is 237 Å². The summed E-state index contributed by atoms with van der Waals surface area (Å²) in [5.41, 5.74) is 0. The van der Waals surface area contributed by atoms with Crippen LogP contribution in [-0.2, 0) is 65.4 Å². The fourth-order valence-electron chi connectivity index (χ4n) is 11.2. The molecule has 0 amide bonds. The first kappa shape index (κ1) is 91.1. The third kappa shape index (κ3) is 68.4. The van der Waals surface area contributed by atoms with E-state index >= 15 is 0 Å². The zero-order valence-corrected chi connectivity index (χ0v) is 62.5. The molecule has 17 nitrogen and oxygen atoms in total. The van der Waals surface area contributed by atoms with Gasteiger partial charge in [-0.1, -0.05) is 325 Å². The van der Waals surface area contributed by atoms with Gasteiger partial charge in [-0.25, -0.2) is 9.13 Å². The van der Waals surface area contributed by atoms with Crippen LogP contribution in [0.15, 0.2) is 0 Å². The van der Waals surface area contributed by atoms with Crippen molar-refractivity contribution in [2.45, 2.75) is 394 Å². The van der Waals surface area contributed by atoms with Gasteiger partial charge in [-0.3, -0.25) is 37.3 Å². The summed E-state index contributed by atoms with van der Waals surface area (Å²) in [6, 6.07) is 0. The van der Waals surface area contributed by atoms with E-state index in [1.807, 2.05) is 0 Å². The summed E-state index contributed by atoms with van der Waals surface area (Å²) in [6.07, 6.45) is 50.0. The molecular formula is C74H144O17P2. The lowest BCUT2D eigenvalue weighted by Gasteiger charge is -2.21. The van der Waals surface area contributed by atoms with Crippen LogP contribution in [0.4, 0.5) is 0 Å². The van der Waals surface area contributed by atoms with E-state index < -0.39 is 97.5 Å². The number of esters is 4. The molecule has 0 saturated carbocycles. The van der Waals surface area contributed by atoms with Crippen molar-refractivity contribution in [2.24, 2.45) is 17.8 Å². The smallest absolute Gasteiger partial charge is 0.462 e. The number of hydrogen-bond donors (Lipinski definition) is 3. The maximum Gasteiger partial charge on any atom is 0.472 e. The van der Waals surface area contributed by atoms with Gasteiger partial charge >= 0.3 is 39.5 Å². The van der Waals surface area contributed by atoms with E-state index in [4.69, 9.17) is 37.0 Å². The molecule has 0 bridgehead atoms. The molecular weight excluding hydrogens is 1220 g/mol. The lowest BCUT2D eigenvalue weighted by Crippen LogP contribution is -2.30. The van der Waals surface area contributed by atoms with Crippen LogP contribution >= 0.6 is 15.6 Å². The number of phosphoric ester groups is 2. The molecule has 0 aromatic carbocycles. The Morgan fingerprint density at radius 3 is 0.731 bits per heavy atom. The molecule has 0 heterocycles. The molecule has 0 fully saturated rings.